The molecule has 0 bridgehead atoms. The monoisotopic (exact) mass is 436 g/mol. The van der Waals surface area contributed by atoms with Crippen LogP contribution in [0.15, 0.2) is 18.2 Å². The van der Waals surface area contributed by atoms with E-state index in [4.69, 9.17) is 0 Å². The van der Waals surface area contributed by atoms with E-state index >= 15 is 0 Å². The molecular formula is C20H22F6N2O2. The van der Waals surface area contributed by atoms with Crippen LogP contribution in [0.3, 0.4) is 0 Å². The Morgan fingerprint density at radius 1 is 0.967 bits per heavy atom. The Labute approximate surface area is 169 Å². The summed E-state index contributed by atoms with van der Waals surface area (Å²) in [5.74, 6) is -0.886. The molecule has 10 heteroatoms. The first-order valence-corrected chi connectivity index (χ1v) is 9.82. The van der Waals surface area contributed by atoms with Crippen molar-refractivity contribution in [2.75, 3.05) is 13.1 Å². The molecule has 2 unspecified atom stereocenters. The van der Waals surface area contributed by atoms with Gasteiger partial charge in [0.25, 0.3) is 5.91 Å². The molecule has 1 aromatic rings. The van der Waals surface area contributed by atoms with E-state index in [-0.39, 0.29) is 17.9 Å². The zero-order valence-corrected chi connectivity index (χ0v) is 16.1. The quantitative estimate of drug-likeness (QED) is 0.714. The predicted molar refractivity (Wildman–Crippen MR) is 95.8 cm³/mol. The molecule has 1 saturated heterocycles. The molecule has 4 nitrogen and oxygen atoms in total. The number of hydrogen-bond donors (Lipinski definition) is 1. The van der Waals surface area contributed by atoms with Gasteiger partial charge in [0.2, 0.25) is 0 Å². The van der Waals surface area contributed by atoms with E-state index in [1.54, 1.807) is 0 Å². The molecule has 1 aliphatic heterocycles. The van der Waals surface area contributed by atoms with Crippen molar-refractivity contribution >= 4 is 11.7 Å². The number of amides is 1. The average Bonchev–Trinajstić information content (AvgIpc) is 2.67. The molecule has 1 aromatic carbocycles. The van der Waals surface area contributed by atoms with E-state index in [2.05, 4.69) is 10.2 Å². The van der Waals surface area contributed by atoms with E-state index < -0.39 is 41.0 Å². The number of rotatable bonds is 3. The maximum absolute atomic E-state index is 13.4. The summed E-state index contributed by atoms with van der Waals surface area (Å²) in [4.78, 5) is 26.2. The van der Waals surface area contributed by atoms with E-state index in [9.17, 15) is 35.9 Å². The second-order valence-electron chi connectivity index (χ2n) is 7.76. The summed E-state index contributed by atoms with van der Waals surface area (Å²) < 4.78 is 78.7. The zero-order chi connectivity index (χ0) is 22.1. The Morgan fingerprint density at radius 2 is 1.60 bits per heavy atom. The number of nitrogens with one attached hydrogen (secondary N) is 1. The lowest BCUT2D eigenvalue weighted by Gasteiger charge is -2.41. The summed E-state index contributed by atoms with van der Waals surface area (Å²) in [6.45, 7) is 1.06. The largest absolute Gasteiger partial charge is 0.417 e. The fraction of sp³-hybridized carbons (Fsp3) is 0.600. The van der Waals surface area contributed by atoms with Gasteiger partial charge in [-0.2, -0.15) is 26.3 Å². The van der Waals surface area contributed by atoms with Crippen molar-refractivity contribution in [3.05, 3.63) is 34.9 Å². The topological polar surface area (TPSA) is 49.4 Å². The first-order valence-electron chi connectivity index (χ1n) is 9.82. The Kier molecular flexibility index (Phi) is 6.45. The molecule has 1 heterocycles. The lowest BCUT2D eigenvalue weighted by Crippen LogP contribution is -2.55. The number of likely N-dealkylation sites (tertiary alicyclic amines) is 1. The number of alkyl halides is 6. The highest BCUT2D eigenvalue weighted by Gasteiger charge is 2.40. The zero-order valence-electron chi connectivity index (χ0n) is 16.1. The van der Waals surface area contributed by atoms with Crippen LogP contribution in [0, 0.1) is 0 Å². The molecule has 30 heavy (non-hydrogen) atoms. The first kappa shape index (κ1) is 22.6. The molecule has 1 aliphatic carbocycles. The minimum Gasteiger partial charge on any atom is -0.348 e. The van der Waals surface area contributed by atoms with Crippen LogP contribution < -0.4 is 5.32 Å². The number of Topliss-reactive ketones (excluding diaryl/α,β-unsaturated/α-hetero) is 1. The Bertz CT molecular complexity index is 795. The van der Waals surface area contributed by atoms with Gasteiger partial charge in [-0.3, -0.25) is 14.5 Å². The molecule has 1 amide bonds. The number of carbonyl (C=O) groups excluding carboxylic acids is 2. The maximum Gasteiger partial charge on any atom is 0.417 e. The molecule has 3 rings (SSSR count). The molecule has 2 fully saturated rings. The van der Waals surface area contributed by atoms with Gasteiger partial charge in [0.1, 0.15) is 5.78 Å². The number of piperidine rings is 1. The highest BCUT2D eigenvalue weighted by Crippen LogP contribution is 2.37. The third kappa shape index (κ3) is 5.14. The van der Waals surface area contributed by atoms with Crippen LogP contribution in [0.2, 0.25) is 0 Å². The third-order valence-corrected chi connectivity index (χ3v) is 5.77. The van der Waals surface area contributed by atoms with Crippen LogP contribution >= 0.6 is 0 Å². The first-order chi connectivity index (χ1) is 14.0. The highest BCUT2D eigenvalue weighted by molar-refractivity contribution is 5.96. The van der Waals surface area contributed by atoms with Crippen LogP contribution in [0.5, 0.6) is 0 Å². The minimum absolute atomic E-state index is 0.0243. The van der Waals surface area contributed by atoms with Crippen LogP contribution in [-0.2, 0) is 17.1 Å². The van der Waals surface area contributed by atoms with Crippen molar-refractivity contribution < 1.29 is 35.9 Å². The lowest BCUT2D eigenvalue weighted by molar-refractivity contribution is -0.143. The molecule has 2 atom stereocenters. The van der Waals surface area contributed by atoms with E-state index in [0.717, 1.165) is 19.3 Å². The normalized spacial score (nSPS) is 24.0. The fourth-order valence-electron chi connectivity index (χ4n) is 4.22. The minimum atomic E-state index is -5.10. The number of hydrogen-bond acceptors (Lipinski definition) is 3. The van der Waals surface area contributed by atoms with Gasteiger partial charge in [0.15, 0.2) is 0 Å². The van der Waals surface area contributed by atoms with Gasteiger partial charge in [0, 0.05) is 38.0 Å². The van der Waals surface area contributed by atoms with Gasteiger partial charge in [-0.15, -0.1) is 0 Å². The summed E-state index contributed by atoms with van der Waals surface area (Å²) in [6.07, 6.45) is -6.28. The molecule has 1 saturated carbocycles. The van der Waals surface area contributed by atoms with Gasteiger partial charge in [-0.1, -0.05) is 12.8 Å². The SMILES string of the molecule is O=C1CCN(C2CCCCC2NC(=O)c2ccc(C(F)(F)F)cc2C(F)(F)F)CC1. The van der Waals surface area contributed by atoms with Crippen molar-refractivity contribution in [3.63, 3.8) is 0 Å². The van der Waals surface area contributed by atoms with Crippen LogP contribution in [0.25, 0.3) is 0 Å². The second kappa shape index (κ2) is 8.56. The number of ketones is 1. The van der Waals surface area contributed by atoms with Gasteiger partial charge in [0.05, 0.1) is 16.7 Å². The smallest absolute Gasteiger partial charge is 0.348 e. The molecule has 0 spiro atoms. The summed E-state index contributed by atoms with van der Waals surface area (Å²) in [7, 11) is 0. The summed E-state index contributed by atoms with van der Waals surface area (Å²) >= 11 is 0. The Hall–Kier alpha value is -2.10. The van der Waals surface area contributed by atoms with Crippen molar-refractivity contribution in [1.29, 1.82) is 0 Å². The molecule has 2 aliphatic rings. The Morgan fingerprint density at radius 3 is 2.20 bits per heavy atom. The van der Waals surface area contributed by atoms with Crippen LogP contribution in [-0.4, -0.2) is 41.8 Å². The average molecular weight is 436 g/mol. The summed E-state index contributed by atoms with van der Waals surface area (Å²) in [5, 5.41) is 2.62. The van der Waals surface area contributed by atoms with Gasteiger partial charge in [-0.25, -0.2) is 0 Å². The number of benzene rings is 1. The fourth-order valence-corrected chi connectivity index (χ4v) is 4.22. The van der Waals surface area contributed by atoms with E-state index in [0.29, 0.717) is 44.5 Å². The Balaban J connectivity index is 1.82. The molecule has 1 N–H and O–H groups in total. The van der Waals surface area contributed by atoms with Gasteiger partial charge >= 0.3 is 12.4 Å². The summed E-state index contributed by atoms with van der Waals surface area (Å²) in [5.41, 5.74) is -3.89. The van der Waals surface area contributed by atoms with Crippen molar-refractivity contribution in [3.8, 4) is 0 Å². The number of carbonyl (C=O) groups is 2. The van der Waals surface area contributed by atoms with Crippen molar-refractivity contribution in [2.45, 2.75) is 63.0 Å². The molecule has 166 valence electrons. The van der Waals surface area contributed by atoms with Crippen LogP contribution in [0.4, 0.5) is 26.3 Å². The maximum atomic E-state index is 13.4. The van der Waals surface area contributed by atoms with Crippen molar-refractivity contribution in [1.82, 2.24) is 10.2 Å². The summed E-state index contributed by atoms with van der Waals surface area (Å²) in [6, 6.07) is 0.503. The van der Waals surface area contributed by atoms with E-state index in [1.165, 1.54) is 0 Å². The molecule has 0 radical (unpaired) electrons. The standard InChI is InChI=1S/C20H22F6N2O2/c21-19(22,23)12-5-6-14(15(11-12)20(24,25)26)18(30)27-16-3-1-2-4-17(16)28-9-7-13(29)8-10-28/h5-6,11,16-17H,1-4,7-10H2,(H,27,30). The van der Waals surface area contributed by atoms with E-state index in [1.807, 2.05) is 0 Å². The molecular weight excluding hydrogens is 414 g/mol. The predicted octanol–water partition coefficient (Wildman–Crippen LogP) is 4.43. The van der Waals surface area contributed by atoms with Crippen LogP contribution in [0.1, 0.15) is 60.0 Å². The second-order valence-corrected chi connectivity index (χ2v) is 7.76. The van der Waals surface area contributed by atoms with Gasteiger partial charge in [-0.05, 0) is 31.0 Å². The third-order valence-electron chi connectivity index (χ3n) is 5.77. The van der Waals surface area contributed by atoms with Gasteiger partial charge < -0.3 is 5.32 Å². The number of halogens is 6. The van der Waals surface area contributed by atoms with Crippen molar-refractivity contribution in [2.24, 2.45) is 0 Å². The molecule has 0 aromatic heterocycles. The highest BCUT2D eigenvalue weighted by atomic mass is 19.4. The lowest BCUT2D eigenvalue weighted by atomic mass is 9.87. The number of nitrogens with zero attached hydrogens (tertiary/aromatic N) is 1.